The van der Waals surface area contributed by atoms with Crippen LogP contribution in [0.1, 0.15) is 35.4 Å². The predicted octanol–water partition coefficient (Wildman–Crippen LogP) is 4.98. The van der Waals surface area contributed by atoms with Crippen LogP contribution in [-0.2, 0) is 0 Å². The third-order valence-corrected chi connectivity index (χ3v) is 5.12. The molecule has 4 nitrogen and oxygen atoms in total. The molecule has 3 aromatic rings. The van der Waals surface area contributed by atoms with Crippen molar-refractivity contribution in [2.24, 2.45) is 5.10 Å². The van der Waals surface area contributed by atoms with Gasteiger partial charge >= 0.3 is 0 Å². The van der Waals surface area contributed by atoms with Crippen molar-refractivity contribution in [2.45, 2.75) is 18.7 Å². The van der Waals surface area contributed by atoms with Crippen LogP contribution in [0.3, 0.4) is 0 Å². The second-order valence-electron chi connectivity index (χ2n) is 6.44. The molecule has 0 N–H and O–H groups in total. The van der Waals surface area contributed by atoms with E-state index in [0.29, 0.717) is 0 Å². The van der Waals surface area contributed by atoms with Gasteiger partial charge in [0.05, 0.1) is 11.8 Å². The Bertz CT molecular complexity index is 972. The van der Waals surface area contributed by atoms with Gasteiger partial charge in [0.25, 0.3) is 0 Å². The van der Waals surface area contributed by atoms with Crippen molar-refractivity contribution in [3.63, 3.8) is 0 Å². The SMILES string of the molecule is Clc1ccc(C2=NN3[C@@H](c4ccncc4)Oc4ccccc4[C@@H]3C2)cc1. The Labute approximate surface area is 156 Å². The molecule has 5 rings (SSSR count). The topological polar surface area (TPSA) is 37.7 Å². The van der Waals surface area contributed by atoms with Crippen LogP contribution in [0, 0.1) is 0 Å². The zero-order chi connectivity index (χ0) is 17.5. The molecular formula is C21H16ClN3O. The molecule has 0 spiro atoms. The van der Waals surface area contributed by atoms with Gasteiger partial charge in [-0.3, -0.25) is 4.98 Å². The van der Waals surface area contributed by atoms with E-state index in [0.717, 1.165) is 34.0 Å². The number of hydrogen-bond donors (Lipinski definition) is 0. The Morgan fingerprint density at radius 2 is 1.73 bits per heavy atom. The summed E-state index contributed by atoms with van der Waals surface area (Å²) >= 11 is 6.03. The molecule has 26 heavy (non-hydrogen) atoms. The summed E-state index contributed by atoms with van der Waals surface area (Å²) in [4.78, 5) is 4.12. The van der Waals surface area contributed by atoms with Crippen molar-refractivity contribution in [3.8, 4) is 5.75 Å². The van der Waals surface area contributed by atoms with Crippen molar-refractivity contribution in [2.75, 3.05) is 0 Å². The fourth-order valence-corrected chi connectivity index (χ4v) is 3.73. The highest BCUT2D eigenvalue weighted by Gasteiger charge is 2.40. The van der Waals surface area contributed by atoms with E-state index in [1.165, 1.54) is 5.56 Å². The third kappa shape index (κ3) is 2.54. The number of aromatic nitrogens is 1. The molecular weight excluding hydrogens is 346 g/mol. The van der Waals surface area contributed by atoms with Gasteiger partial charge in [-0.05, 0) is 35.9 Å². The van der Waals surface area contributed by atoms with Gasteiger partial charge in [0.1, 0.15) is 5.75 Å². The molecule has 0 unspecified atom stereocenters. The van der Waals surface area contributed by atoms with Crippen LogP contribution in [0.25, 0.3) is 0 Å². The van der Waals surface area contributed by atoms with Gasteiger partial charge in [0.15, 0.2) is 0 Å². The number of ether oxygens (including phenoxy) is 1. The number of pyridine rings is 1. The Morgan fingerprint density at radius 3 is 2.54 bits per heavy atom. The van der Waals surface area contributed by atoms with Gasteiger partial charge in [-0.1, -0.05) is 41.9 Å². The van der Waals surface area contributed by atoms with Crippen LogP contribution >= 0.6 is 11.6 Å². The first-order valence-corrected chi connectivity index (χ1v) is 8.95. The summed E-state index contributed by atoms with van der Waals surface area (Å²) in [6.45, 7) is 0. The number of rotatable bonds is 2. The molecule has 0 saturated heterocycles. The van der Waals surface area contributed by atoms with Gasteiger partial charge in [-0.15, -0.1) is 0 Å². The largest absolute Gasteiger partial charge is 0.464 e. The van der Waals surface area contributed by atoms with Gasteiger partial charge < -0.3 is 4.74 Å². The molecule has 3 heterocycles. The molecule has 128 valence electrons. The minimum atomic E-state index is -0.261. The van der Waals surface area contributed by atoms with E-state index in [9.17, 15) is 0 Å². The molecule has 0 amide bonds. The standard InChI is InChI=1S/C21H16ClN3O/c22-16-7-5-14(6-8-16)18-13-19-17-3-1-2-4-20(17)26-21(25(19)24-18)15-9-11-23-12-10-15/h1-12,19,21H,13H2/t19-,21+/m0/s1. The lowest BCUT2D eigenvalue weighted by Gasteiger charge is -2.38. The van der Waals surface area contributed by atoms with E-state index in [1.54, 1.807) is 12.4 Å². The first kappa shape index (κ1) is 15.4. The second kappa shape index (κ2) is 6.15. The summed E-state index contributed by atoms with van der Waals surface area (Å²) in [7, 11) is 0. The number of hydrogen-bond acceptors (Lipinski definition) is 4. The van der Waals surface area contributed by atoms with E-state index < -0.39 is 0 Å². The molecule has 2 atom stereocenters. The highest BCUT2D eigenvalue weighted by molar-refractivity contribution is 6.30. The van der Waals surface area contributed by atoms with Crippen molar-refractivity contribution < 1.29 is 4.74 Å². The highest BCUT2D eigenvalue weighted by Crippen LogP contribution is 2.47. The van der Waals surface area contributed by atoms with Crippen LogP contribution in [0.5, 0.6) is 5.75 Å². The van der Waals surface area contributed by atoms with Crippen LogP contribution in [-0.4, -0.2) is 15.7 Å². The van der Waals surface area contributed by atoms with Crippen LogP contribution in [0.15, 0.2) is 78.2 Å². The smallest absolute Gasteiger partial charge is 0.213 e. The predicted molar refractivity (Wildman–Crippen MR) is 101 cm³/mol. The van der Waals surface area contributed by atoms with Gasteiger partial charge in [-0.2, -0.15) is 5.10 Å². The lowest BCUT2D eigenvalue weighted by molar-refractivity contribution is -0.0190. The number of nitrogens with zero attached hydrogens (tertiary/aromatic N) is 3. The number of hydrazone groups is 1. The van der Waals surface area contributed by atoms with Crippen LogP contribution < -0.4 is 4.74 Å². The average molecular weight is 362 g/mol. The normalized spacial score (nSPS) is 20.8. The Balaban J connectivity index is 1.59. The molecule has 0 aliphatic carbocycles. The maximum Gasteiger partial charge on any atom is 0.213 e. The van der Waals surface area contributed by atoms with E-state index >= 15 is 0 Å². The minimum absolute atomic E-state index is 0.156. The quantitative estimate of drug-likeness (QED) is 0.646. The number of fused-ring (bicyclic) bond motifs is 3. The average Bonchev–Trinajstić information content (AvgIpc) is 3.14. The molecule has 0 saturated carbocycles. The molecule has 2 aromatic carbocycles. The maximum atomic E-state index is 6.31. The summed E-state index contributed by atoms with van der Waals surface area (Å²) in [5.41, 5.74) is 4.35. The van der Waals surface area contributed by atoms with E-state index in [1.807, 2.05) is 54.6 Å². The maximum absolute atomic E-state index is 6.31. The lowest BCUT2D eigenvalue weighted by atomic mass is 9.96. The van der Waals surface area contributed by atoms with Gasteiger partial charge in [0.2, 0.25) is 6.23 Å². The summed E-state index contributed by atoms with van der Waals surface area (Å²) in [6, 6.07) is 20.2. The van der Waals surface area contributed by atoms with Crippen molar-refractivity contribution >= 4 is 17.3 Å². The molecule has 5 heteroatoms. The first-order chi connectivity index (χ1) is 12.8. The van der Waals surface area contributed by atoms with Crippen molar-refractivity contribution in [1.29, 1.82) is 0 Å². The van der Waals surface area contributed by atoms with Crippen LogP contribution in [0.2, 0.25) is 5.02 Å². The molecule has 0 bridgehead atoms. The van der Waals surface area contributed by atoms with E-state index in [2.05, 4.69) is 16.1 Å². The summed E-state index contributed by atoms with van der Waals surface area (Å²) < 4.78 is 6.31. The molecule has 0 fully saturated rings. The Hall–Kier alpha value is -2.85. The summed E-state index contributed by atoms with van der Waals surface area (Å²) in [5, 5.41) is 7.73. The number of benzene rings is 2. The van der Waals surface area contributed by atoms with Gasteiger partial charge in [0, 0.05) is 35.0 Å². The second-order valence-corrected chi connectivity index (χ2v) is 6.88. The van der Waals surface area contributed by atoms with Gasteiger partial charge in [-0.25, -0.2) is 5.01 Å². The molecule has 2 aliphatic rings. The molecule has 2 aliphatic heterocycles. The zero-order valence-corrected chi connectivity index (χ0v) is 14.7. The van der Waals surface area contributed by atoms with Crippen molar-refractivity contribution in [1.82, 2.24) is 9.99 Å². The van der Waals surface area contributed by atoms with Crippen LogP contribution in [0.4, 0.5) is 0 Å². The van der Waals surface area contributed by atoms with E-state index in [-0.39, 0.29) is 12.3 Å². The monoisotopic (exact) mass is 361 g/mol. The zero-order valence-electron chi connectivity index (χ0n) is 13.9. The summed E-state index contributed by atoms with van der Waals surface area (Å²) in [5.74, 6) is 0.920. The lowest BCUT2D eigenvalue weighted by Crippen LogP contribution is -2.33. The fourth-order valence-electron chi connectivity index (χ4n) is 3.60. The fraction of sp³-hybridized carbons (Fsp3) is 0.143. The Kier molecular flexibility index (Phi) is 3.64. The first-order valence-electron chi connectivity index (χ1n) is 8.57. The number of halogens is 1. The van der Waals surface area contributed by atoms with E-state index in [4.69, 9.17) is 21.4 Å². The third-order valence-electron chi connectivity index (χ3n) is 4.87. The molecule has 0 radical (unpaired) electrons. The minimum Gasteiger partial charge on any atom is -0.464 e. The highest BCUT2D eigenvalue weighted by atomic mass is 35.5. The van der Waals surface area contributed by atoms with Crippen molar-refractivity contribution in [3.05, 3.63) is 94.8 Å². The molecule has 1 aromatic heterocycles. The summed E-state index contributed by atoms with van der Waals surface area (Å²) in [6.07, 6.45) is 4.15. The Morgan fingerprint density at radius 1 is 0.962 bits per heavy atom. The number of para-hydroxylation sites is 1.